The Bertz CT molecular complexity index is 463. The summed E-state index contributed by atoms with van der Waals surface area (Å²) in [6.45, 7) is 7.10. The monoisotopic (exact) mass is 276 g/mol. The lowest BCUT2D eigenvalue weighted by molar-refractivity contribution is -0.117. The summed E-state index contributed by atoms with van der Waals surface area (Å²) in [4.78, 5) is 11.2. The second kappa shape index (κ2) is 8.53. The van der Waals surface area contributed by atoms with Crippen molar-refractivity contribution in [3.05, 3.63) is 42.0 Å². The Morgan fingerprint density at radius 2 is 2.00 bits per heavy atom. The molecule has 1 amide bonds. The highest BCUT2D eigenvalue weighted by atomic mass is 16.4. The number of carbonyl (C=O) groups is 1. The molecular weight excluding hydrogens is 255 g/mol. The third kappa shape index (κ3) is 5.56. The fraction of sp³-hybridized carbons (Fsp3) is 0.357. The van der Waals surface area contributed by atoms with Gasteiger partial charge in [-0.25, -0.2) is 0 Å². The van der Waals surface area contributed by atoms with Crippen LogP contribution < -0.4 is 16.1 Å². The largest absolute Gasteiger partial charge is 0.488 e. The number of benzene rings is 1. The highest BCUT2D eigenvalue weighted by Crippen LogP contribution is 1.96. The minimum Gasteiger partial charge on any atom is -0.423 e. The molecule has 108 valence electrons. The van der Waals surface area contributed by atoms with Crippen LogP contribution in [0.25, 0.3) is 0 Å². The molecule has 0 aromatic heterocycles. The molecule has 20 heavy (non-hydrogen) atoms. The molecule has 0 bridgehead atoms. The molecule has 0 unspecified atom stereocenters. The van der Waals surface area contributed by atoms with E-state index in [4.69, 9.17) is 0 Å². The summed E-state index contributed by atoms with van der Waals surface area (Å²) < 4.78 is 0. The molecule has 0 saturated carbocycles. The Labute approximate surface area is 119 Å². The SMILES string of the molecule is C=C(C)C(=O)NCCCNCc1ccccc1B(O)O. The van der Waals surface area contributed by atoms with E-state index in [1.54, 1.807) is 19.1 Å². The van der Waals surface area contributed by atoms with Gasteiger partial charge in [0, 0.05) is 18.7 Å². The highest BCUT2D eigenvalue weighted by Gasteiger charge is 2.14. The number of carbonyl (C=O) groups excluding carboxylic acids is 1. The summed E-state index contributed by atoms with van der Waals surface area (Å²) in [5.41, 5.74) is 1.87. The van der Waals surface area contributed by atoms with Crippen molar-refractivity contribution < 1.29 is 14.8 Å². The third-order valence-electron chi connectivity index (χ3n) is 2.85. The summed E-state index contributed by atoms with van der Waals surface area (Å²) in [5.74, 6) is -0.126. The first kappa shape index (κ1) is 16.4. The summed E-state index contributed by atoms with van der Waals surface area (Å²) in [5, 5.41) is 24.4. The van der Waals surface area contributed by atoms with Crippen molar-refractivity contribution in [3.8, 4) is 0 Å². The Balaban J connectivity index is 2.25. The Kier molecular flexibility index (Phi) is 7.00. The van der Waals surface area contributed by atoms with Crippen LogP contribution in [-0.4, -0.2) is 36.2 Å². The smallest absolute Gasteiger partial charge is 0.423 e. The van der Waals surface area contributed by atoms with Crippen LogP contribution in [0.5, 0.6) is 0 Å². The van der Waals surface area contributed by atoms with Crippen molar-refractivity contribution in [2.75, 3.05) is 13.1 Å². The first-order valence-corrected chi connectivity index (χ1v) is 6.60. The van der Waals surface area contributed by atoms with Crippen LogP contribution in [0.2, 0.25) is 0 Å². The quantitative estimate of drug-likeness (QED) is 0.294. The maximum Gasteiger partial charge on any atom is 0.488 e. The molecule has 4 N–H and O–H groups in total. The van der Waals surface area contributed by atoms with E-state index in [2.05, 4.69) is 17.2 Å². The van der Waals surface area contributed by atoms with E-state index < -0.39 is 7.12 Å². The standard InChI is InChI=1S/C14H21BN2O3/c1-11(2)14(18)17-9-5-8-16-10-12-6-3-4-7-13(12)15(19)20/h3-4,6-7,16,19-20H,1,5,8-10H2,2H3,(H,17,18). The Morgan fingerprint density at radius 3 is 2.65 bits per heavy atom. The third-order valence-corrected chi connectivity index (χ3v) is 2.85. The van der Waals surface area contributed by atoms with Gasteiger partial charge in [-0.2, -0.15) is 0 Å². The zero-order valence-electron chi connectivity index (χ0n) is 11.7. The average molecular weight is 276 g/mol. The van der Waals surface area contributed by atoms with Crippen LogP contribution in [0.3, 0.4) is 0 Å². The minimum absolute atomic E-state index is 0.126. The predicted molar refractivity (Wildman–Crippen MR) is 80.4 cm³/mol. The predicted octanol–water partition coefficient (Wildman–Crippen LogP) is -0.462. The van der Waals surface area contributed by atoms with E-state index >= 15 is 0 Å². The average Bonchev–Trinajstić information content (AvgIpc) is 2.42. The second-order valence-electron chi connectivity index (χ2n) is 4.64. The molecule has 6 heteroatoms. The first-order valence-electron chi connectivity index (χ1n) is 6.60. The molecule has 0 aliphatic rings. The van der Waals surface area contributed by atoms with Gasteiger partial charge in [0.2, 0.25) is 5.91 Å². The molecule has 0 heterocycles. The van der Waals surface area contributed by atoms with Gasteiger partial charge in [-0.05, 0) is 30.9 Å². The van der Waals surface area contributed by atoms with E-state index in [1.807, 2.05) is 12.1 Å². The van der Waals surface area contributed by atoms with E-state index in [0.29, 0.717) is 24.1 Å². The lowest BCUT2D eigenvalue weighted by Gasteiger charge is -2.10. The molecule has 0 saturated heterocycles. The molecule has 0 spiro atoms. The summed E-state index contributed by atoms with van der Waals surface area (Å²) in [6.07, 6.45) is 0.795. The lowest BCUT2D eigenvalue weighted by Crippen LogP contribution is -2.35. The van der Waals surface area contributed by atoms with Gasteiger partial charge in [-0.15, -0.1) is 0 Å². The van der Waals surface area contributed by atoms with Gasteiger partial charge in [0.1, 0.15) is 0 Å². The molecule has 1 rings (SSSR count). The molecule has 1 aromatic rings. The van der Waals surface area contributed by atoms with Gasteiger partial charge >= 0.3 is 7.12 Å². The van der Waals surface area contributed by atoms with Gasteiger partial charge in [-0.1, -0.05) is 30.8 Å². The summed E-state index contributed by atoms with van der Waals surface area (Å²) >= 11 is 0. The van der Waals surface area contributed by atoms with Crippen LogP contribution >= 0.6 is 0 Å². The number of nitrogens with one attached hydrogen (secondary N) is 2. The second-order valence-corrected chi connectivity index (χ2v) is 4.64. The van der Waals surface area contributed by atoms with Crippen LogP contribution in [-0.2, 0) is 11.3 Å². The molecule has 0 aliphatic heterocycles. The molecule has 5 nitrogen and oxygen atoms in total. The van der Waals surface area contributed by atoms with Gasteiger partial charge in [0.15, 0.2) is 0 Å². The van der Waals surface area contributed by atoms with Crippen molar-refractivity contribution >= 4 is 18.5 Å². The highest BCUT2D eigenvalue weighted by molar-refractivity contribution is 6.59. The molecule has 0 atom stereocenters. The van der Waals surface area contributed by atoms with E-state index in [1.165, 1.54) is 0 Å². The van der Waals surface area contributed by atoms with Crippen molar-refractivity contribution in [3.63, 3.8) is 0 Å². The van der Waals surface area contributed by atoms with Crippen molar-refractivity contribution in [2.45, 2.75) is 19.9 Å². The van der Waals surface area contributed by atoms with Gasteiger partial charge in [0.25, 0.3) is 0 Å². The van der Waals surface area contributed by atoms with Crippen molar-refractivity contribution in [1.82, 2.24) is 10.6 Å². The summed E-state index contributed by atoms with van der Waals surface area (Å²) in [7, 11) is -1.46. The van der Waals surface area contributed by atoms with Crippen LogP contribution in [0, 0.1) is 0 Å². The van der Waals surface area contributed by atoms with Gasteiger partial charge in [-0.3, -0.25) is 4.79 Å². The zero-order chi connectivity index (χ0) is 15.0. The molecule has 1 aromatic carbocycles. The van der Waals surface area contributed by atoms with Crippen LogP contribution in [0.4, 0.5) is 0 Å². The van der Waals surface area contributed by atoms with Crippen LogP contribution in [0.15, 0.2) is 36.4 Å². The zero-order valence-corrected chi connectivity index (χ0v) is 11.7. The summed E-state index contributed by atoms with van der Waals surface area (Å²) in [6, 6.07) is 7.17. The topological polar surface area (TPSA) is 81.6 Å². The molecular formula is C14H21BN2O3. The lowest BCUT2D eigenvalue weighted by atomic mass is 9.77. The van der Waals surface area contributed by atoms with E-state index in [0.717, 1.165) is 18.5 Å². The van der Waals surface area contributed by atoms with Crippen LogP contribution in [0.1, 0.15) is 18.9 Å². The van der Waals surface area contributed by atoms with Gasteiger partial charge in [0.05, 0.1) is 0 Å². The van der Waals surface area contributed by atoms with Gasteiger partial charge < -0.3 is 20.7 Å². The van der Waals surface area contributed by atoms with E-state index in [-0.39, 0.29) is 5.91 Å². The maximum atomic E-state index is 11.2. The number of rotatable bonds is 8. The fourth-order valence-corrected chi connectivity index (χ4v) is 1.74. The van der Waals surface area contributed by atoms with Crippen molar-refractivity contribution in [1.29, 1.82) is 0 Å². The van der Waals surface area contributed by atoms with E-state index in [9.17, 15) is 14.8 Å². The first-order chi connectivity index (χ1) is 9.52. The Hall–Kier alpha value is -1.63. The molecule has 0 fully saturated rings. The number of hydrogen-bond donors (Lipinski definition) is 4. The fourth-order valence-electron chi connectivity index (χ4n) is 1.74. The normalized spacial score (nSPS) is 10.2. The van der Waals surface area contributed by atoms with Crippen molar-refractivity contribution in [2.24, 2.45) is 0 Å². The number of hydrogen-bond acceptors (Lipinski definition) is 4. The Morgan fingerprint density at radius 1 is 1.30 bits per heavy atom. The minimum atomic E-state index is -1.46. The molecule has 0 radical (unpaired) electrons. The number of amides is 1. The maximum absolute atomic E-state index is 11.2. The molecule has 0 aliphatic carbocycles.